The van der Waals surface area contributed by atoms with Crippen LogP contribution in [0.4, 0.5) is 0 Å². The van der Waals surface area contributed by atoms with E-state index in [1.807, 2.05) is 0 Å². The van der Waals surface area contributed by atoms with Crippen molar-refractivity contribution in [1.82, 2.24) is 5.32 Å². The molecule has 1 heterocycles. The van der Waals surface area contributed by atoms with Crippen LogP contribution >= 0.6 is 0 Å². The van der Waals surface area contributed by atoms with Crippen molar-refractivity contribution in [2.75, 3.05) is 13.1 Å². The highest BCUT2D eigenvalue weighted by atomic mass is 16.1. The van der Waals surface area contributed by atoms with Gasteiger partial charge >= 0.3 is 0 Å². The summed E-state index contributed by atoms with van der Waals surface area (Å²) in [5, 5.41) is 3.36. The summed E-state index contributed by atoms with van der Waals surface area (Å²) < 4.78 is 0. The first kappa shape index (κ1) is 10.7. The molecule has 0 aliphatic carbocycles. The summed E-state index contributed by atoms with van der Waals surface area (Å²) >= 11 is 0. The van der Waals surface area contributed by atoms with Crippen LogP contribution in [0.3, 0.4) is 0 Å². The standard InChI is InChI=1S/C11H21NO/c1-9(13)8-11(2,3)10-4-6-12-7-5-10/h10,12H,4-8H2,1-3H3. The van der Waals surface area contributed by atoms with E-state index >= 15 is 0 Å². The second-order valence-corrected chi connectivity index (χ2v) is 4.89. The van der Waals surface area contributed by atoms with Gasteiger partial charge in [0.15, 0.2) is 0 Å². The average molecular weight is 183 g/mol. The highest BCUT2D eigenvalue weighted by Gasteiger charge is 2.31. The minimum atomic E-state index is 0.202. The quantitative estimate of drug-likeness (QED) is 0.725. The molecule has 0 bridgehead atoms. The molecule has 13 heavy (non-hydrogen) atoms. The van der Waals surface area contributed by atoms with Crippen molar-refractivity contribution in [3.8, 4) is 0 Å². The Morgan fingerprint density at radius 3 is 2.38 bits per heavy atom. The van der Waals surface area contributed by atoms with Crippen molar-refractivity contribution >= 4 is 5.78 Å². The Morgan fingerprint density at radius 1 is 1.38 bits per heavy atom. The van der Waals surface area contributed by atoms with Crippen LogP contribution in [-0.4, -0.2) is 18.9 Å². The average Bonchev–Trinajstić information content (AvgIpc) is 2.04. The molecule has 0 radical (unpaired) electrons. The summed E-state index contributed by atoms with van der Waals surface area (Å²) in [7, 11) is 0. The third kappa shape index (κ3) is 3.11. The van der Waals surface area contributed by atoms with Crippen LogP contribution in [0.2, 0.25) is 0 Å². The molecule has 0 saturated carbocycles. The maximum Gasteiger partial charge on any atom is 0.130 e. The smallest absolute Gasteiger partial charge is 0.130 e. The normalized spacial score (nSPS) is 20.2. The lowest BCUT2D eigenvalue weighted by Crippen LogP contribution is -2.36. The Kier molecular flexibility index (Phi) is 3.48. The fraction of sp³-hybridized carbons (Fsp3) is 0.909. The molecule has 1 N–H and O–H groups in total. The molecule has 0 atom stereocenters. The van der Waals surface area contributed by atoms with Crippen molar-refractivity contribution in [2.45, 2.75) is 40.0 Å². The lowest BCUT2D eigenvalue weighted by atomic mass is 9.71. The summed E-state index contributed by atoms with van der Waals surface area (Å²) in [5.41, 5.74) is 0.202. The molecule has 0 amide bonds. The number of rotatable bonds is 3. The highest BCUT2D eigenvalue weighted by Crippen LogP contribution is 2.36. The van der Waals surface area contributed by atoms with Crippen LogP contribution < -0.4 is 5.32 Å². The second-order valence-electron chi connectivity index (χ2n) is 4.89. The van der Waals surface area contributed by atoms with Gasteiger partial charge in [0, 0.05) is 6.42 Å². The molecule has 2 heteroatoms. The van der Waals surface area contributed by atoms with Gasteiger partial charge < -0.3 is 10.1 Å². The zero-order chi connectivity index (χ0) is 9.90. The van der Waals surface area contributed by atoms with E-state index in [0.717, 1.165) is 25.4 Å². The van der Waals surface area contributed by atoms with Gasteiger partial charge in [0.2, 0.25) is 0 Å². The Balaban J connectivity index is 2.50. The van der Waals surface area contributed by atoms with E-state index in [4.69, 9.17) is 0 Å². The largest absolute Gasteiger partial charge is 0.317 e. The first-order valence-electron chi connectivity index (χ1n) is 5.22. The van der Waals surface area contributed by atoms with E-state index in [-0.39, 0.29) is 5.41 Å². The number of hydrogen-bond acceptors (Lipinski definition) is 2. The van der Waals surface area contributed by atoms with E-state index in [1.54, 1.807) is 6.92 Å². The van der Waals surface area contributed by atoms with Gasteiger partial charge in [0.05, 0.1) is 0 Å². The van der Waals surface area contributed by atoms with Gasteiger partial charge in [0.25, 0.3) is 0 Å². The van der Waals surface area contributed by atoms with Gasteiger partial charge in [-0.25, -0.2) is 0 Å². The molecule has 1 aliphatic heterocycles. The lowest BCUT2D eigenvalue weighted by Gasteiger charge is -2.36. The van der Waals surface area contributed by atoms with Crippen molar-refractivity contribution in [1.29, 1.82) is 0 Å². The van der Waals surface area contributed by atoms with Crippen molar-refractivity contribution < 1.29 is 4.79 Å². The Morgan fingerprint density at radius 2 is 1.92 bits per heavy atom. The monoisotopic (exact) mass is 183 g/mol. The number of ketones is 1. The van der Waals surface area contributed by atoms with E-state index in [0.29, 0.717) is 5.78 Å². The van der Waals surface area contributed by atoms with Crippen molar-refractivity contribution in [2.24, 2.45) is 11.3 Å². The summed E-state index contributed by atoms with van der Waals surface area (Å²) in [4.78, 5) is 11.1. The third-order valence-corrected chi connectivity index (χ3v) is 3.15. The van der Waals surface area contributed by atoms with Crippen LogP contribution in [0.5, 0.6) is 0 Å². The number of carbonyl (C=O) groups is 1. The number of hydrogen-bond donors (Lipinski definition) is 1. The van der Waals surface area contributed by atoms with Crippen LogP contribution in [-0.2, 0) is 4.79 Å². The molecular weight excluding hydrogens is 162 g/mol. The van der Waals surface area contributed by atoms with Crippen molar-refractivity contribution in [3.05, 3.63) is 0 Å². The summed E-state index contributed by atoms with van der Waals surface area (Å²) in [6.07, 6.45) is 3.18. The summed E-state index contributed by atoms with van der Waals surface area (Å²) in [6, 6.07) is 0. The van der Waals surface area contributed by atoms with Gasteiger partial charge in [-0.15, -0.1) is 0 Å². The highest BCUT2D eigenvalue weighted by molar-refractivity contribution is 5.76. The zero-order valence-corrected chi connectivity index (χ0v) is 9.02. The van der Waals surface area contributed by atoms with Gasteiger partial charge in [-0.3, -0.25) is 0 Å². The van der Waals surface area contributed by atoms with Crippen LogP contribution in [0, 0.1) is 11.3 Å². The maximum atomic E-state index is 11.1. The molecule has 0 unspecified atom stereocenters. The topological polar surface area (TPSA) is 29.1 Å². The second kappa shape index (κ2) is 4.23. The number of nitrogens with one attached hydrogen (secondary N) is 1. The number of piperidine rings is 1. The molecule has 1 rings (SSSR count). The van der Waals surface area contributed by atoms with E-state index in [2.05, 4.69) is 19.2 Å². The van der Waals surface area contributed by atoms with Gasteiger partial charge in [0.1, 0.15) is 5.78 Å². The Labute approximate surface area is 81.1 Å². The molecule has 0 aromatic rings. The zero-order valence-electron chi connectivity index (χ0n) is 9.02. The fourth-order valence-corrected chi connectivity index (χ4v) is 2.39. The van der Waals surface area contributed by atoms with E-state index in [9.17, 15) is 4.79 Å². The van der Waals surface area contributed by atoms with Crippen LogP contribution in [0.1, 0.15) is 40.0 Å². The van der Waals surface area contributed by atoms with Gasteiger partial charge in [-0.1, -0.05) is 13.8 Å². The number of Topliss-reactive ketones (excluding diaryl/α,β-unsaturated/α-hetero) is 1. The lowest BCUT2D eigenvalue weighted by molar-refractivity contribution is -0.119. The third-order valence-electron chi connectivity index (χ3n) is 3.15. The molecule has 76 valence electrons. The van der Waals surface area contributed by atoms with E-state index in [1.165, 1.54) is 12.8 Å². The minimum Gasteiger partial charge on any atom is -0.317 e. The molecular formula is C11H21NO. The maximum absolute atomic E-state index is 11.1. The molecule has 0 aromatic carbocycles. The first-order valence-corrected chi connectivity index (χ1v) is 5.22. The van der Waals surface area contributed by atoms with Crippen molar-refractivity contribution in [3.63, 3.8) is 0 Å². The first-order chi connectivity index (χ1) is 6.02. The predicted octanol–water partition coefficient (Wildman–Crippen LogP) is 1.99. The SMILES string of the molecule is CC(=O)CC(C)(C)C1CCNCC1. The summed E-state index contributed by atoms with van der Waals surface area (Å²) in [6.45, 7) is 8.38. The van der Waals surface area contributed by atoms with E-state index < -0.39 is 0 Å². The molecule has 1 aliphatic rings. The Bertz CT molecular complexity index is 181. The number of carbonyl (C=O) groups excluding carboxylic acids is 1. The van der Waals surface area contributed by atoms with Gasteiger partial charge in [-0.2, -0.15) is 0 Å². The van der Waals surface area contributed by atoms with Crippen LogP contribution in [0.25, 0.3) is 0 Å². The van der Waals surface area contributed by atoms with Crippen LogP contribution in [0.15, 0.2) is 0 Å². The molecule has 1 fully saturated rings. The molecule has 2 nitrogen and oxygen atoms in total. The molecule has 1 saturated heterocycles. The Hall–Kier alpha value is -0.370. The fourth-order valence-electron chi connectivity index (χ4n) is 2.39. The predicted molar refractivity (Wildman–Crippen MR) is 54.7 cm³/mol. The summed E-state index contributed by atoms with van der Waals surface area (Å²) in [5.74, 6) is 1.04. The van der Waals surface area contributed by atoms with Gasteiger partial charge in [-0.05, 0) is 44.2 Å². The molecule has 0 spiro atoms. The molecule has 0 aromatic heterocycles. The minimum absolute atomic E-state index is 0.202.